The Balaban J connectivity index is 1.21. The molecular formula is C34H38ClFIN2O4-. The van der Waals surface area contributed by atoms with Crippen LogP contribution in [-0.2, 0) is 11.3 Å². The molecule has 3 heterocycles. The van der Waals surface area contributed by atoms with Crippen molar-refractivity contribution in [2.24, 2.45) is 0 Å². The van der Waals surface area contributed by atoms with Gasteiger partial charge in [-0.2, -0.15) is 0 Å². The normalized spacial score (nSPS) is 22.3. The summed E-state index contributed by atoms with van der Waals surface area (Å²) in [5, 5.41) is 9.92. The van der Waals surface area contributed by atoms with E-state index in [-0.39, 0.29) is 33.6 Å². The summed E-state index contributed by atoms with van der Waals surface area (Å²) < 4.78 is 29.2. The van der Waals surface area contributed by atoms with E-state index in [2.05, 4.69) is 22.0 Å². The van der Waals surface area contributed by atoms with Crippen molar-refractivity contribution in [1.82, 2.24) is 9.88 Å². The van der Waals surface area contributed by atoms with Crippen LogP contribution in [0.3, 0.4) is 0 Å². The van der Waals surface area contributed by atoms with Crippen LogP contribution in [0.2, 0.25) is 5.02 Å². The van der Waals surface area contributed by atoms with Crippen LogP contribution < -0.4 is 25.9 Å². The summed E-state index contributed by atoms with van der Waals surface area (Å²) in [5.41, 5.74) is 4.54. The van der Waals surface area contributed by atoms with Crippen molar-refractivity contribution in [2.75, 3.05) is 26.8 Å². The Bertz CT molecular complexity index is 1470. The number of hydrogen-bond donors (Lipinski definition) is 1. The number of likely N-dealkylation sites (tertiary alicyclic amines) is 1. The molecule has 1 N–H and O–H groups in total. The maximum atomic E-state index is 14.2. The van der Waals surface area contributed by atoms with Crippen LogP contribution in [0.15, 0.2) is 64.3 Å². The van der Waals surface area contributed by atoms with Gasteiger partial charge in [0.05, 0.1) is 0 Å². The van der Waals surface area contributed by atoms with Gasteiger partial charge in [0.15, 0.2) is 0 Å². The Morgan fingerprint density at radius 1 is 1.19 bits per heavy atom. The summed E-state index contributed by atoms with van der Waals surface area (Å²) in [6.07, 6.45) is 4.95. The van der Waals surface area contributed by atoms with Crippen LogP contribution in [0.25, 0.3) is 0 Å². The van der Waals surface area contributed by atoms with Crippen LogP contribution in [-0.4, -0.2) is 53.8 Å². The first-order valence-corrected chi connectivity index (χ1v) is 17.5. The van der Waals surface area contributed by atoms with Gasteiger partial charge in [0.25, 0.3) is 0 Å². The van der Waals surface area contributed by atoms with Crippen LogP contribution in [0.4, 0.5) is 4.39 Å². The second-order valence-electron chi connectivity index (χ2n) is 11.4. The van der Waals surface area contributed by atoms with Crippen molar-refractivity contribution in [3.05, 3.63) is 101 Å². The number of nitrogens with zero attached hydrogens (tertiary/aromatic N) is 2. The summed E-state index contributed by atoms with van der Waals surface area (Å²) >= 11 is 5.51. The second-order valence-corrected chi connectivity index (χ2v) is 14.2. The summed E-state index contributed by atoms with van der Waals surface area (Å²) in [6, 6.07) is 16.5. The van der Waals surface area contributed by atoms with Crippen molar-refractivity contribution in [3.63, 3.8) is 0 Å². The molecule has 0 spiro atoms. The van der Waals surface area contributed by atoms with E-state index in [1.165, 1.54) is 20.8 Å². The Morgan fingerprint density at radius 2 is 2.05 bits per heavy atom. The zero-order chi connectivity index (χ0) is 30.3. The average molecular weight is 720 g/mol. The first-order valence-electron chi connectivity index (χ1n) is 14.8. The number of benzene rings is 2. The van der Waals surface area contributed by atoms with Crippen LogP contribution in [0.5, 0.6) is 5.88 Å². The number of aromatic carboxylic acids is 1. The molecule has 0 aliphatic carbocycles. The number of rotatable bonds is 10. The van der Waals surface area contributed by atoms with Crippen molar-refractivity contribution in [1.29, 1.82) is 0 Å². The number of carbonyl (C=O) groups is 1. The van der Waals surface area contributed by atoms with E-state index in [4.69, 9.17) is 26.1 Å². The Labute approximate surface area is 268 Å². The molecule has 1 saturated heterocycles. The van der Waals surface area contributed by atoms with Gasteiger partial charge < -0.3 is 0 Å². The van der Waals surface area contributed by atoms with E-state index in [1.807, 2.05) is 24.3 Å². The number of halogens is 3. The molecule has 0 radical (unpaired) electrons. The number of hydrogen-bond acceptors (Lipinski definition) is 5. The standard InChI is InChI=1S/C34H38ClFIN2O4/c1-22-16-25(32-4-3-5-33(38-32)43-21-27-8-10-28(35)18-30(27)36)12-14-39(22)20-23-6-7-24(13-15-42-2)29-17-26(34(40)41)9-11-31(29)37-19-23/h3-5,8-11,17-19,22,24-25H,6-7,12-16,20-21H2,1-2H3,(H,40,41)/q-1/b23-19-/t22-,24?,25+/m1/s1. The third kappa shape index (κ3) is 8.35. The molecule has 230 valence electrons. The Kier molecular flexibility index (Phi) is 11.1. The van der Waals surface area contributed by atoms with Crippen LogP contribution >= 0.6 is 11.6 Å². The first kappa shape index (κ1) is 31.9. The van der Waals surface area contributed by atoms with E-state index in [1.54, 1.807) is 25.3 Å². The van der Waals surface area contributed by atoms with Crippen molar-refractivity contribution < 1.29 is 45.0 Å². The fourth-order valence-electron chi connectivity index (χ4n) is 5.98. The molecule has 2 aliphatic heterocycles. The molecule has 0 saturated carbocycles. The zero-order valence-electron chi connectivity index (χ0n) is 24.6. The minimum absolute atomic E-state index is 0.101. The van der Waals surface area contributed by atoms with E-state index >= 15 is 0 Å². The van der Waals surface area contributed by atoms with E-state index in [0.717, 1.165) is 50.9 Å². The van der Waals surface area contributed by atoms with Gasteiger partial charge in [-0.15, -0.1) is 0 Å². The van der Waals surface area contributed by atoms with Gasteiger partial charge >= 0.3 is 219 Å². The van der Waals surface area contributed by atoms with E-state index in [9.17, 15) is 14.3 Å². The summed E-state index contributed by atoms with van der Waals surface area (Å²) in [4.78, 5) is 19.0. The van der Waals surface area contributed by atoms with Gasteiger partial charge in [-0.3, -0.25) is 0 Å². The Hall–Kier alpha value is -2.53. The van der Waals surface area contributed by atoms with Gasteiger partial charge in [-0.05, 0) is 12.1 Å². The molecule has 5 rings (SSSR count). The molecule has 6 nitrogen and oxygen atoms in total. The Morgan fingerprint density at radius 3 is 2.81 bits per heavy atom. The molecule has 2 aromatic carbocycles. The predicted molar refractivity (Wildman–Crippen MR) is 162 cm³/mol. The molecule has 2 aliphatic rings. The third-order valence-electron chi connectivity index (χ3n) is 8.47. The number of carboxylic acids is 1. The third-order valence-corrected chi connectivity index (χ3v) is 11.5. The number of pyridine rings is 1. The number of fused-ring (bicyclic) bond motifs is 1. The SMILES string of the molecule is COCCC1CC/C(CN2CC[C@H](c3cccc(OCc4ccc(Cl)cc4F)n3)C[C@H]2C)=C/[I-]c2ccc(C(=O)O)cc21. The predicted octanol–water partition coefficient (Wildman–Crippen LogP) is 4.48. The topological polar surface area (TPSA) is 71.9 Å². The molecular weight excluding hydrogens is 682 g/mol. The molecule has 0 amide bonds. The second kappa shape index (κ2) is 15.0. The fraction of sp³-hybridized carbons (Fsp3) is 0.412. The van der Waals surface area contributed by atoms with Crippen molar-refractivity contribution in [3.8, 4) is 5.88 Å². The number of ether oxygens (including phenoxy) is 2. The zero-order valence-corrected chi connectivity index (χ0v) is 27.5. The molecule has 3 aromatic rings. The molecule has 9 heteroatoms. The van der Waals surface area contributed by atoms with Crippen LogP contribution in [0, 0.1) is 9.39 Å². The van der Waals surface area contributed by atoms with Gasteiger partial charge in [0.2, 0.25) is 0 Å². The summed E-state index contributed by atoms with van der Waals surface area (Å²) in [5.74, 6) is -0.102. The van der Waals surface area contributed by atoms with Crippen molar-refractivity contribution in [2.45, 2.75) is 63.5 Å². The van der Waals surface area contributed by atoms with Gasteiger partial charge in [-0.25, -0.2) is 4.39 Å². The molecule has 1 fully saturated rings. The molecule has 3 atom stereocenters. The summed E-state index contributed by atoms with van der Waals surface area (Å²) in [7, 11) is 1.72. The molecule has 1 unspecified atom stereocenters. The van der Waals surface area contributed by atoms with Gasteiger partial charge in [-0.1, -0.05) is 17.7 Å². The van der Waals surface area contributed by atoms with Crippen molar-refractivity contribution >= 4 is 17.6 Å². The molecule has 43 heavy (non-hydrogen) atoms. The quantitative estimate of drug-likeness (QED) is 0.312. The van der Waals surface area contributed by atoms with Crippen LogP contribution in [0.1, 0.15) is 78.0 Å². The number of methoxy groups -OCH3 is 1. The summed E-state index contributed by atoms with van der Waals surface area (Å²) in [6.45, 7) is 5.04. The number of carboxylic acid groups (broad SMARTS) is 1. The molecule has 0 bridgehead atoms. The minimum atomic E-state index is -0.870. The number of piperidine rings is 1. The van der Waals surface area contributed by atoms with Gasteiger partial charge in [0.1, 0.15) is 5.82 Å². The van der Waals surface area contributed by atoms with E-state index < -0.39 is 5.97 Å². The average Bonchev–Trinajstić information content (AvgIpc) is 2.99. The molecule has 1 aromatic heterocycles. The number of aromatic nitrogens is 1. The van der Waals surface area contributed by atoms with E-state index in [0.29, 0.717) is 46.5 Å². The first-order chi connectivity index (χ1) is 20.8. The monoisotopic (exact) mass is 719 g/mol. The maximum absolute atomic E-state index is 14.2. The van der Waals surface area contributed by atoms with Gasteiger partial charge in [0, 0.05) is 10.6 Å². The fourth-order valence-corrected chi connectivity index (χ4v) is 8.77.